The Labute approximate surface area is 138 Å². The molecule has 0 fully saturated rings. The van der Waals surface area contributed by atoms with E-state index in [1.54, 1.807) is 0 Å². The second-order valence-electron chi connectivity index (χ2n) is 4.88. The van der Waals surface area contributed by atoms with E-state index in [2.05, 4.69) is 41.8 Å². The summed E-state index contributed by atoms with van der Waals surface area (Å²) in [5.74, 6) is 2.08. The fourth-order valence-electron chi connectivity index (χ4n) is 1.93. The van der Waals surface area contributed by atoms with E-state index >= 15 is 0 Å². The number of hydrogen-bond donors (Lipinski definition) is 2. The first-order chi connectivity index (χ1) is 10.2. The molecule has 0 heterocycles. The lowest BCUT2D eigenvalue weighted by molar-refractivity contribution is 0.682. The van der Waals surface area contributed by atoms with Gasteiger partial charge in [-0.2, -0.15) is 11.8 Å². The first-order valence-corrected chi connectivity index (χ1v) is 9.23. The van der Waals surface area contributed by atoms with E-state index in [9.17, 15) is 0 Å². The molecule has 0 bridgehead atoms. The summed E-state index contributed by atoms with van der Waals surface area (Å²) < 4.78 is 0. The van der Waals surface area contributed by atoms with Gasteiger partial charge in [-0.05, 0) is 56.4 Å². The minimum atomic E-state index is 0.174. The number of nitrogens with one attached hydrogen (secondary N) is 2. The highest BCUT2D eigenvalue weighted by molar-refractivity contribution is 7.98. The summed E-state index contributed by atoms with van der Waals surface area (Å²) in [4.78, 5) is 4.63. The molecule has 118 valence electrons. The van der Waals surface area contributed by atoms with Crippen molar-refractivity contribution in [2.45, 2.75) is 32.7 Å². The lowest BCUT2D eigenvalue weighted by Crippen LogP contribution is -2.38. The highest BCUT2D eigenvalue weighted by atomic mass is 35.5. The van der Waals surface area contributed by atoms with Gasteiger partial charge in [0, 0.05) is 18.1 Å². The van der Waals surface area contributed by atoms with Gasteiger partial charge in [0.25, 0.3) is 0 Å². The summed E-state index contributed by atoms with van der Waals surface area (Å²) in [6, 6.07) is 8.10. The maximum Gasteiger partial charge on any atom is 0.191 e. The maximum absolute atomic E-state index is 6.04. The molecule has 0 aromatic heterocycles. The monoisotopic (exact) mass is 327 g/mol. The van der Waals surface area contributed by atoms with Gasteiger partial charge in [0.15, 0.2) is 5.96 Å². The molecule has 21 heavy (non-hydrogen) atoms. The number of halogens is 1. The van der Waals surface area contributed by atoms with E-state index in [0.717, 1.165) is 36.1 Å². The summed E-state index contributed by atoms with van der Waals surface area (Å²) in [7, 11) is 0. The zero-order valence-corrected chi connectivity index (χ0v) is 14.7. The van der Waals surface area contributed by atoms with Crippen LogP contribution in [-0.4, -0.2) is 31.1 Å². The van der Waals surface area contributed by atoms with Gasteiger partial charge in [0.1, 0.15) is 0 Å². The van der Waals surface area contributed by atoms with Crippen LogP contribution in [0.15, 0.2) is 29.3 Å². The average Bonchev–Trinajstić information content (AvgIpc) is 2.47. The van der Waals surface area contributed by atoms with Crippen molar-refractivity contribution in [3.8, 4) is 0 Å². The molecule has 0 spiro atoms. The number of unbranched alkanes of at least 4 members (excludes halogenated alkanes) is 1. The van der Waals surface area contributed by atoms with Crippen molar-refractivity contribution in [3.63, 3.8) is 0 Å². The van der Waals surface area contributed by atoms with Crippen LogP contribution in [0.4, 0.5) is 0 Å². The van der Waals surface area contributed by atoms with E-state index in [1.165, 1.54) is 12.2 Å². The van der Waals surface area contributed by atoms with Crippen molar-refractivity contribution < 1.29 is 0 Å². The lowest BCUT2D eigenvalue weighted by Gasteiger charge is -2.18. The van der Waals surface area contributed by atoms with E-state index in [1.807, 2.05) is 30.0 Å². The summed E-state index contributed by atoms with van der Waals surface area (Å²) in [6.07, 6.45) is 4.48. The molecule has 0 amide bonds. The highest BCUT2D eigenvalue weighted by Crippen LogP contribution is 2.17. The standard InChI is InChI=1S/C16H26ClN3S/c1-4-18-16(19-10-5-6-11-21-3)20-13(2)14-8-7-9-15(17)12-14/h7-9,12-13H,4-6,10-11H2,1-3H3,(H2,18,19,20). The van der Waals surface area contributed by atoms with Gasteiger partial charge in [-0.15, -0.1) is 0 Å². The first-order valence-electron chi connectivity index (χ1n) is 7.46. The molecule has 1 atom stereocenters. The van der Waals surface area contributed by atoms with Crippen LogP contribution in [-0.2, 0) is 0 Å². The predicted octanol–water partition coefficient (Wildman–Crippen LogP) is 4.10. The Morgan fingerprint density at radius 3 is 2.86 bits per heavy atom. The van der Waals surface area contributed by atoms with Crippen LogP contribution >= 0.6 is 23.4 Å². The van der Waals surface area contributed by atoms with Crippen LogP contribution < -0.4 is 10.6 Å². The van der Waals surface area contributed by atoms with Crippen molar-refractivity contribution in [3.05, 3.63) is 34.9 Å². The van der Waals surface area contributed by atoms with Gasteiger partial charge in [0.2, 0.25) is 0 Å². The Hall–Kier alpha value is -0.870. The third-order valence-electron chi connectivity index (χ3n) is 3.07. The lowest BCUT2D eigenvalue weighted by atomic mass is 10.1. The second kappa shape index (κ2) is 10.8. The minimum Gasteiger partial charge on any atom is -0.357 e. The van der Waals surface area contributed by atoms with E-state index in [0.29, 0.717) is 0 Å². The van der Waals surface area contributed by atoms with Crippen LogP contribution in [0.25, 0.3) is 0 Å². The molecule has 2 N–H and O–H groups in total. The van der Waals surface area contributed by atoms with Crippen LogP contribution in [0.2, 0.25) is 5.02 Å². The summed E-state index contributed by atoms with van der Waals surface area (Å²) in [5.41, 5.74) is 1.16. The molecule has 0 aliphatic rings. The van der Waals surface area contributed by atoms with Gasteiger partial charge >= 0.3 is 0 Å². The summed E-state index contributed by atoms with van der Waals surface area (Å²) >= 11 is 7.93. The second-order valence-corrected chi connectivity index (χ2v) is 6.30. The smallest absolute Gasteiger partial charge is 0.191 e. The topological polar surface area (TPSA) is 36.4 Å². The van der Waals surface area contributed by atoms with Crippen molar-refractivity contribution >= 4 is 29.3 Å². The van der Waals surface area contributed by atoms with Crippen LogP contribution in [0.3, 0.4) is 0 Å². The summed E-state index contributed by atoms with van der Waals surface area (Å²) in [6.45, 7) is 5.91. The van der Waals surface area contributed by atoms with E-state index < -0.39 is 0 Å². The molecule has 0 aliphatic carbocycles. The normalized spacial score (nSPS) is 13.0. The van der Waals surface area contributed by atoms with E-state index in [-0.39, 0.29) is 6.04 Å². The number of aliphatic imine (C=N–C) groups is 1. The van der Waals surface area contributed by atoms with Gasteiger partial charge in [0.05, 0.1) is 6.04 Å². The van der Waals surface area contributed by atoms with Crippen molar-refractivity contribution in [2.24, 2.45) is 4.99 Å². The quantitative estimate of drug-likeness (QED) is 0.429. The fraction of sp³-hybridized carbons (Fsp3) is 0.562. The number of nitrogens with zero attached hydrogens (tertiary/aromatic N) is 1. The molecule has 0 saturated heterocycles. The maximum atomic E-state index is 6.04. The highest BCUT2D eigenvalue weighted by Gasteiger charge is 2.07. The Morgan fingerprint density at radius 1 is 1.38 bits per heavy atom. The van der Waals surface area contributed by atoms with E-state index in [4.69, 9.17) is 11.6 Å². The minimum absolute atomic E-state index is 0.174. The number of rotatable bonds is 8. The molecule has 1 unspecified atom stereocenters. The Morgan fingerprint density at radius 2 is 2.19 bits per heavy atom. The predicted molar refractivity (Wildman–Crippen MR) is 96.6 cm³/mol. The Balaban J connectivity index is 2.54. The Kier molecular flexibility index (Phi) is 9.35. The molecule has 1 aromatic rings. The molecular formula is C16H26ClN3S. The van der Waals surface area contributed by atoms with Gasteiger partial charge in [-0.3, -0.25) is 4.99 Å². The molecule has 0 aliphatic heterocycles. The molecule has 0 radical (unpaired) electrons. The molecule has 1 aromatic carbocycles. The molecule has 1 rings (SSSR count). The molecule has 3 nitrogen and oxygen atoms in total. The first kappa shape index (κ1) is 18.2. The third-order valence-corrected chi connectivity index (χ3v) is 4.00. The largest absolute Gasteiger partial charge is 0.357 e. The number of guanidine groups is 1. The SMILES string of the molecule is CCNC(=NCCCCSC)NC(C)c1cccc(Cl)c1. The number of thioether (sulfide) groups is 1. The number of hydrogen-bond acceptors (Lipinski definition) is 2. The number of benzene rings is 1. The molecular weight excluding hydrogens is 302 g/mol. The average molecular weight is 328 g/mol. The third kappa shape index (κ3) is 7.63. The summed E-state index contributed by atoms with van der Waals surface area (Å²) in [5, 5.41) is 7.48. The van der Waals surface area contributed by atoms with Gasteiger partial charge in [-0.25, -0.2) is 0 Å². The molecule has 5 heteroatoms. The van der Waals surface area contributed by atoms with Crippen LogP contribution in [0, 0.1) is 0 Å². The van der Waals surface area contributed by atoms with Gasteiger partial charge < -0.3 is 10.6 Å². The van der Waals surface area contributed by atoms with Crippen molar-refractivity contribution in [1.82, 2.24) is 10.6 Å². The zero-order valence-electron chi connectivity index (χ0n) is 13.2. The zero-order chi connectivity index (χ0) is 15.5. The molecule has 0 saturated carbocycles. The fourth-order valence-corrected chi connectivity index (χ4v) is 2.62. The van der Waals surface area contributed by atoms with Gasteiger partial charge in [-0.1, -0.05) is 23.7 Å². The van der Waals surface area contributed by atoms with Crippen LogP contribution in [0.5, 0.6) is 0 Å². The van der Waals surface area contributed by atoms with Crippen molar-refractivity contribution in [1.29, 1.82) is 0 Å². The van der Waals surface area contributed by atoms with Crippen molar-refractivity contribution in [2.75, 3.05) is 25.1 Å². The van der Waals surface area contributed by atoms with Crippen LogP contribution in [0.1, 0.15) is 38.3 Å². The Bertz CT molecular complexity index is 437.